The van der Waals surface area contributed by atoms with Gasteiger partial charge >= 0.3 is 6.18 Å². The first-order valence-corrected chi connectivity index (χ1v) is 6.49. The second kappa shape index (κ2) is 6.35. The van der Waals surface area contributed by atoms with E-state index in [2.05, 4.69) is 5.32 Å². The second-order valence-corrected chi connectivity index (χ2v) is 5.56. The fraction of sp³-hybridized carbons (Fsp3) is 0.571. The molecule has 3 N–H and O–H groups in total. The minimum absolute atomic E-state index is 0.0743. The zero-order chi connectivity index (χ0) is 15.5. The van der Waals surface area contributed by atoms with E-state index in [0.717, 1.165) is 6.07 Å². The molecule has 0 aromatic heterocycles. The third-order valence-electron chi connectivity index (χ3n) is 3.06. The fourth-order valence-corrected chi connectivity index (χ4v) is 1.94. The molecule has 1 rings (SSSR count). The molecule has 0 amide bonds. The van der Waals surface area contributed by atoms with E-state index in [1.165, 1.54) is 12.1 Å². The largest absolute Gasteiger partial charge is 0.418 e. The summed E-state index contributed by atoms with van der Waals surface area (Å²) in [7, 11) is 3.79. The molecule has 1 aromatic rings. The number of likely N-dealkylation sites (N-methyl/N-ethyl adjacent to an activating group) is 1. The lowest BCUT2D eigenvalue weighted by Gasteiger charge is -2.28. The van der Waals surface area contributed by atoms with Crippen molar-refractivity contribution in [2.45, 2.75) is 26.1 Å². The molecule has 1 atom stereocenters. The highest BCUT2D eigenvalue weighted by Crippen LogP contribution is 2.36. The molecule has 1 aromatic carbocycles. The van der Waals surface area contributed by atoms with Gasteiger partial charge in [-0.1, -0.05) is 13.8 Å². The highest BCUT2D eigenvalue weighted by atomic mass is 19.4. The quantitative estimate of drug-likeness (QED) is 0.817. The molecule has 0 spiro atoms. The molecule has 0 radical (unpaired) electrons. The molecule has 0 saturated heterocycles. The molecule has 0 heterocycles. The van der Waals surface area contributed by atoms with Crippen molar-refractivity contribution in [3.8, 4) is 0 Å². The number of nitrogen functional groups attached to an aromatic ring is 1. The van der Waals surface area contributed by atoms with Crippen LogP contribution in [0.2, 0.25) is 0 Å². The fourth-order valence-electron chi connectivity index (χ4n) is 1.94. The average Bonchev–Trinajstić information content (AvgIpc) is 2.28. The summed E-state index contributed by atoms with van der Waals surface area (Å²) in [4.78, 5) is 1.95. The van der Waals surface area contributed by atoms with E-state index in [-0.39, 0.29) is 23.3 Å². The van der Waals surface area contributed by atoms with E-state index in [1.807, 2.05) is 32.8 Å². The van der Waals surface area contributed by atoms with Crippen molar-refractivity contribution in [3.63, 3.8) is 0 Å². The van der Waals surface area contributed by atoms with Crippen LogP contribution in [0.25, 0.3) is 0 Å². The van der Waals surface area contributed by atoms with E-state index >= 15 is 0 Å². The van der Waals surface area contributed by atoms with Gasteiger partial charge in [-0.05, 0) is 38.2 Å². The number of alkyl halides is 3. The van der Waals surface area contributed by atoms with E-state index < -0.39 is 11.7 Å². The summed E-state index contributed by atoms with van der Waals surface area (Å²) in [5.41, 5.74) is 4.92. The number of nitrogens with one attached hydrogen (secondary N) is 1. The van der Waals surface area contributed by atoms with Crippen LogP contribution in [0.15, 0.2) is 18.2 Å². The molecule has 0 aliphatic rings. The van der Waals surface area contributed by atoms with Gasteiger partial charge in [0.15, 0.2) is 0 Å². The first-order chi connectivity index (χ1) is 9.11. The highest BCUT2D eigenvalue weighted by Gasteiger charge is 2.34. The van der Waals surface area contributed by atoms with Gasteiger partial charge in [-0.3, -0.25) is 0 Å². The Balaban J connectivity index is 3.06. The third-order valence-corrected chi connectivity index (χ3v) is 3.06. The first kappa shape index (κ1) is 16.6. The molecular formula is C14H22F3N3. The van der Waals surface area contributed by atoms with Gasteiger partial charge in [0.05, 0.1) is 5.56 Å². The molecule has 20 heavy (non-hydrogen) atoms. The van der Waals surface area contributed by atoms with Crippen LogP contribution in [-0.2, 0) is 6.18 Å². The van der Waals surface area contributed by atoms with Crippen molar-refractivity contribution >= 4 is 11.4 Å². The lowest BCUT2D eigenvalue weighted by molar-refractivity contribution is -0.136. The van der Waals surface area contributed by atoms with Gasteiger partial charge in [-0.25, -0.2) is 0 Å². The number of hydrogen-bond acceptors (Lipinski definition) is 3. The number of rotatable bonds is 5. The number of nitrogens with zero attached hydrogens (tertiary/aromatic N) is 1. The van der Waals surface area contributed by atoms with Crippen molar-refractivity contribution in [1.82, 2.24) is 4.90 Å². The summed E-state index contributed by atoms with van der Waals surface area (Å²) in [6.45, 7) is 4.61. The minimum Gasteiger partial charge on any atom is -0.399 e. The molecule has 0 fully saturated rings. The van der Waals surface area contributed by atoms with Crippen LogP contribution in [0, 0.1) is 5.92 Å². The standard InChI is InChI=1S/C14H22F3N3/c1-9(2)13(8-20(3)4)19-12-6-5-10(18)7-11(12)14(15,16)17/h5-7,9,13,19H,8,18H2,1-4H3. The van der Waals surface area contributed by atoms with Gasteiger partial charge < -0.3 is 16.0 Å². The van der Waals surface area contributed by atoms with Gasteiger partial charge in [0.2, 0.25) is 0 Å². The molecule has 0 bridgehead atoms. The van der Waals surface area contributed by atoms with Crippen LogP contribution >= 0.6 is 0 Å². The predicted octanol–water partition coefficient (Wildman–Crippen LogP) is 3.29. The smallest absolute Gasteiger partial charge is 0.399 e. The van der Waals surface area contributed by atoms with Crippen molar-refractivity contribution in [3.05, 3.63) is 23.8 Å². The van der Waals surface area contributed by atoms with Crippen molar-refractivity contribution < 1.29 is 13.2 Å². The van der Waals surface area contributed by atoms with Crippen molar-refractivity contribution in [1.29, 1.82) is 0 Å². The first-order valence-electron chi connectivity index (χ1n) is 6.49. The summed E-state index contributed by atoms with van der Waals surface area (Å²) in [5.74, 6) is 0.205. The number of anilines is 2. The van der Waals surface area contributed by atoms with Gasteiger partial charge in [-0.15, -0.1) is 0 Å². The monoisotopic (exact) mass is 289 g/mol. The van der Waals surface area contributed by atoms with Crippen LogP contribution in [-0.4, -0.2) is 31.6 Å². The van der Waals surface area contributed by atoms with Crippen LogP contribution < -0.4 is 11.1 Å². The molecular weight excluding hydrogens is 267 g/mol. The SMILES string of the molecule is CC(C)C(CN(C)C)Nc1ccc(N)cc1C(F)(F)F. The van der Waals surface area contributed by atoms with Crippen LogP contribution in [0.4, 0.5) is 24.5 Å². The molecule has 0 aliphatic heterocycles. The maximum atomic E-state index is 13.0. The molecule has 3 nitrogen and oxygen atoms in total. The summed E-state index contributed by atoms with van der Waals surface area (Å²) < 4.78 is 39.1. The summed E-state index contributed by atoms with van der Waals surface area (Å²) in [5, 5.41) is 2.99. The van der Waals surface area contributed by atoms with Crippen LogP contribution in [0.3, 0.4) is 0 Å². The topological polar surface area (TPSA) is 41.3 Å². The van der Waals surface area contributed by atoms with Crippen molar-refractivity contribution in [2.24, 2.45) is 5.92 Å². The lowest BCUT2D eigenvalue weighted by atomic mass is 10.0. The second-order valence-electron chi connectivity index (χ2n) is 5.56. The molecule has 114 valence electrons. The number of hydrogen-bond donors (Lipinski definition) is 2. The molecule has 0 aliphatic carbocycles. The highest BCUT2D eigenvalue weighted by molar-refractivity contribution is 5.59. The van der Waals surface area contributed by atoms with Crippen LogP contribution in [0.1, 0.15) is 19.4 Å². The van der Waals surface area contributed by atoms with E-state index in [1.54, 1.807) is 0 Å². The third kappa shape index (κ3) is 4.59. The van der Waals surface area contributed by atoms with Gasteiger partial charge in [0.1, 0.15) is 0 Å². The van der Waals surface area contributed by atoms with Crippen molar-refractivity contribution in [2.75, 3.05) is 31.7 Å². The number of nitrogens with two attached hydrogens (primary N) is 1. The summed E-state index contributed by atoms with van der Waals surface area (Å²) >= 11 is 0. The zero-order valence-electron chi connectivity index (χ0n) is 12.3. The predicted molar refractivity (Wildman–Crippen MR) is 76.7 cm³/mol. The maximum Gasteiger partial charge on any atom is 0.418 e. The van der Waals surface area contributed by atoms with Gasteiger partial charge in [0, 0.05) is 24.0 Å². The molecule has 6 heteroatoms. The van der Waals surface area contributed by atoms with Crippen LogP contribution in [0.5, 0.6) is 0 Å². The minimum atomic E-state index is -4.42. The maximum absolute atomic E-state index is 13.0. The lowest BCUT2D eigenvalue weighted by Crippen LogP contribution is -2.37. The summed E-state index contributed by atoms with van der Waals surface area (Å²) in [6, 6.07) is 3.76. The Hall–Kier alpha value is -1.43. The Kier molecular flexibility index (Phi) is 5.28. The zero-order valence-corrected chi connectivity index (χ0v) is 12.3. The van der Waals surface area contributed by atoms with E-state index in [0.29, 0.717) is 6.54 Å². The average molecular weight is 289 g/mol. The van der Waals surface area contributed by atoms with E-state index in [9.17, 15) is 13.2 Å². The number of halogens is 3. The Labute approximate surface area is 117 Å². The number of benzene rings is 1. The van der Waals surface area contributed by atoms with Gasteiger partial charge in [0.25, 0.3) is 0 Å². The normalized spacial score (nSPS) is 13.8. The Morgan fingerprint density at radius 2 is 1.85 bits per heavy atom. The molecule has 1 unspecified atom stereocenters. The Bertz CT molecular complexity index is 442. The Morgan fingerprint density at radius 1 is 1.25 bits per heavy atom. The van der Waals surface area contributed by atoms with E-state index in [4.69, 9.17) is 5.73 Å². The van der Waals surface area contributed by atoms with Gasteiger partial charge in [-0.2, -0.15) is 13.2 Å². The molecule has 0 saturated carbocycles. The summed E-state index contributed by atoms with van der Waals surface area (Å²) in [6.07, 6.45) is -4.42. The Morgan fingerprint density at radius 3 is 2.30 bits per heavy atom.